The predicted molar refractivity (Wildman–Crippen MR) is 92.9 cm³/mol. The first-order chi connectivity index (χ1) is 11.4. The van der Waals surface area contributed by atoms with E-state index < -0.39 is 0 Å². The molecule has 1 aliphatic heterocycles. The molecule has 0 aliphatic carbocycles. The molecule has 7 heteroatoms. The van der Waals surface area contributed by atoms with Crippen LogP contribution in [-0.2, 0) is 5.75 Å². The topological polar surface area (TPSA) is 55.1 Å². The Balaban J connectivity index is 1.39. The minimum Gasteiger partial charge on any atom is -0.440 e. The maximum absolute atomic E-state index is 5.81. The van der Waals surface area contributed by atoms with Crippen molar-refractivity contribution in [2.45, 2.75) is 22.9 Å². The van der Waals surface area contributed by atoms with Crippen molar-refractivity contribution >= 4 is 28.2 Å². The van der Waals surface area contributed by atoms with Gasteiger partial charge in [-0.15, -0.1) is 10.2 Å². The Kier molecular flexibility index (Phi) is 4.30. The highest BCUT2D eigenvalue weighted by molar-refractivity contribution is 8.00. The maximum Gasteiger partial charge on any atom is 0.209 e. The second-order valence-corrected chi connectivity index (χ2v) is 7.50. The zero-order valence-electron chi connectivity index (χ0n) is 12.5. The minimum atomic E-state index is 0.668. The zero-order chi connectivity index (χ0) is 15.5. The number of thioether (sulfide) groups is 1. The Morgan fingerprint density at radius 2 is 1.96 bits per heavy atom. The Hall–Kier alpha value is -1.86. The number of aromatic nitrogens is 3. The van der Waals surface area contributed by atoms with Crippen LogP contribution in [0.15, 0.2) is 45.3 Å². The van der Waals surface area contributed by atoms with Gasteiger partial charge in [0.05, 0.1) is 11.9 Å². The van der Waals surface area contributed by atoms with Gasteiger partial charge in [-0.3, -0.25) is 0 Å². The van der Waals surface area contributed by atoms with Gasteiger partial charge in [-0.2, -0.15) is 0 Å². The average Bonchev–Trinajstić information content (AvgIpc) is 3.33. The van der Waals surface area contributed by atoms with Gasteiger partial charge in [0.2, 0.25) is 11.0 Å². The van der Waals surface area contributed by atoms with Gasteiger partial charge in [0.15, 0.2) is 10.1 Å². The average molecular weight is 344 g/mol. The molecule has 4 rings (SSSR count). The van der Waals surface area contributed by atoms with Crippen LogP contribution in [0.2, 0.25) is 0 Å². The number of anilines is 1. The molecule has 0 amide bonds. The van der Waals surface area contributed by atoms with E-state index in [1.54, 1.807) is 29.3 Å². The lowest BCUT2D eigenvalue weighted by Gasteiger charge is -2.10. The van der Waals surface area contributed by atoms with Crippen LogP contribution in [-0.4, -0.2) is 28.3 Å². The SMILES string of the molecule is c1ccc(-c2cnc(CSc3nnc(N4CCCC4)s3)o2)cc1. The first kappa shape index (κ1) is 14.7. The summed E-state index contributed by atoms with van der Waals surface area (Å²) in [7, 11) is 0. The van der Waals surface area contributed by atoms with E-state index >= 15 is 0 Å². The van der Waals surface area contributed by atoms with Crippen LogP contribution >= 0.6 is 23.1 Å². The summed E-state index contributed by atoms with van der Waals surface area (Å²) >= 11 is 3.27. The van der Waals surface area contributed by atoms with E-state index in [4.69, 9.17) is 4.42 Å². The molecule has 5 nitrogen and oxygen atoms in total. The smallest absolute Gasteiger partial charge is 0.209 e. The van der Waals surface area contributed by atoms with Crippen molar-refractivity contribution in [2.24, 2.45) is 0 Å². The number of oxazole rings is 1. The molecule has 0 spiro atoms. The minimum absolute atomic E-state index is 0.668. The van der Waals surface area contributed by atoms with Gasteiger partial charge < -0.3 is 9.32 Å². The zero-order valence-corrected chi connectivity index (χ0v) is 14.1. The van der Waals surface area contributed by atoms with E-state index in [1.165, 1.54) is 12.8 Å². The molecule has 1 aromatic carbocycles. The molecule has 0 N–H and O–H groups in total. The normalized spacial score (nSPS) is 14.5. The first-order valence-corrected chi connectivity index (χ1v) is 9.40. The van der Waals surface area contributed by atoms with Crippen molar-refractivity contribution in [3.63, 3.8) is 0 Å². The summed E-state index contributed by atoms with van der Waals surface area (Å²) in [4.78, 5) is 6.66. The Bertz CT molecular complexity index is 765. The third kappa shape index (κ3) is 3.40. The summed E-state index contributed by atoms with van der Waals surface area (Å²) in [6.45, 7) is 2.19. The lowest BCUT2D eigenvalue weighted by atomic mass is 10.2. The van der Waals surface area contributed by atoms with Crippen LogP contribution in [0.4, 0.5) is 5.13 Å². The summed E-state index contributed by atoms with van der Waals surface area (Å²) in [5.41, 5.74) is 1.04. The summed E-state index contributed by atoms with van der Waals surface area (Å²) in [5, 5.41) is 9.58. The molecule has 0 radical (unpaired) electrons. The standard InChI is InChI=1S/C16H16N4OS2/c1-2-6-12(7-3-1)13-10-17-14(21-13)11-22-16-19-18-15(23-16)20-8-4-5-9-20/h1-3,6-7,10H,4-5,8-9,11H2. The molecule has 1 fully saturated rings. The number of hydrogen-bond donors (Lipinski definition) is 0. The van der Waals surface area contributed by atoms with Crippen molar-refractivity contribution in [1.29, 1.82) is 0 Å². The van der Waals surface area contributed by atoms with Gasteiger partial charge in [0.1, 0.15) is 0 Å². The summed E-state index contributed by atoms with van der Waals surface area (Å²) in [6, 6.07) is 10.0. The Morgan fingerprint density at radius 3 is 2.78 bits per heavy atom. The summed E-state index contributed by atoms with van der Waals surface area (Å²) < 4.78 is 6.78. The van der Waals surface area contributed by atoms with Crippen molar-refractivity contribution in [3.05, 3.63) is 42.4 Å². The Morgan fingerprint density at radius 1 is 1.13 bits per heavy atom. The van der Waals surface area contributed by atoms with E-state index in [9.17, 15) is 0 Å². The number of hydrogen-bond acceptors (Lipinski definition) is 7. The molecule has 2 aromatic heterocycles. The fraction of sp³-hybridized carbons (Fsp3) is 0.312. The van der Waals surface area contributed by atoms with Gasteiger partial charge in [0, 0.05) is 18.7 Å². The van der Waals surface area contributed by atoms with E-state index in [0.29, 0.717) is 11.6 Å². The molecule has 0 atom stereocenters. The first-order valence-electron chi connectivity index (χ1n) is 7.60. The monoisotopic (exact) mass is 344 g/mol. The third-order valence-electron chi connectivity index (χ3n) is 3.70. The van der Waals surface area contributed by atoms with Crippen LogP contribution in [0, 0.1) is 0 Å². The molecule has 0 bridgehead atoms. The molecular weight excluding hydrogens is 328 g/mol. The van der Waals surface area contributed by atoms with Crippen LogP contribution in [0.25, 0.3) is 11.3 Å². The molecular formula is C16H16N4OS2. The molecule has 0 unspecified atom stereocenters. The fourth-order valence-electron chi connectivity index (χ4n) is 2.53. The van der Waals surface area contributed by atoms with E-state index in [-0.39, 0.29) is 0 Å². The van der Waals surface area contributed by atoms with Crippen LogP contribution in [0.5, 0.6) is 0 Å². The molecule has 3 heterocycles. The van der Waals surface area contributed by atoms with Crippen molar-refractivity contribution in [3.8, 4) is 11.3 Å². The predicted octanol–water partition coefficient (Wildman–Crippen LogP) is 4.09. The number of nitrogens with zero attached hydrogens (tertiary/aromatic N) is 4. The van der Waals surface area contributed by atoms with Gasteiger partial charge in [-0.1, -0.05) is 53.4 Å². The maximum atomic E-state index is 5.81. The third-order valence-corrected chi connectivity index (χ3v) is 5.81. The lowest BCUT2D eigenvalue weighted by molar-refractivity contribution is 0.530. The molecule has 118 valence electrons. The number of rotatable bonds is 5. The molecule has 0 saturated carbocycles. The van der Waals surface area contributed by atoms with Gasteiger partial charge >= 0.3 is 0 Å². The quantitative estimate of drug-likeness (QED) is 0.650. The lowest BCUT2D eigenvalue weighted by Crippen LogP contribution is -2.17. The van der Waals surface area contributed by atoms with E-state index in [1.807, 2.05) is 30.3 Å². The van der Waals surface area contributed by atoms with Gasteiger partial charge in [-0.25, -0.2) is 4.98 Å². The summed E-state index contributed by atoms with van der Waals surface area (Å²) in [5.74, 6) is 2.18. The van der Waals surface area contributed by atoms with Crippen molar-refractivity contribution in [1.82, 2.24) is 15.2 Å². The largest absolute Gasteiger partial charge is 0.440 e. The highest BCUT2D eigenvalue weighted by atomic mass is 32.2. The second kappa shape index (κ2) is 6.72. The van der Waals surface area contributed by atoms with Gasteiger partial charge in [0.25, 0.3) is 0 Å². The molecule has 23 heavy (non-hydrogen) atoms. The van der Waals surface area contributed by atoms with E-state index in [2.05, 4.69) is 20.1 Å². The highest BCUT2D eigenvalue weighted by Crippen LogP contribution is 2.32. The fourth-order valence-corrected chi connectivity index (χ4v) is 4.28. The van der Waals surface area contributed by atoms with E-state index in [0.717, 1.165) is 33.9 Å². The summed E-state index contributed by atoms with van der Waals surface area (Å²) in [6.07, 6.45) is 4.28. The van der Waals surface area contributed by atoms with Crippen molar-refractivity contribution < 1.29 is 4.42 Å². The van der Waals surface area contributed by atoms with Gasteiger partial charge in [-0.05, 0) is 12.8 Å². The molecule has 1 aliphatic rings. The van der Waals surface area contributed by atoms with Crippen LogP contribution in [0.3, 0.4) is 0 Å². The molecule has 3 aromatic rings. The number of benzene rings is 1. The highest BCUT2D eigenvalue weighted by Gasteiger charge is 2.17. The van der Waals surface area contributed by atoms with Crippen LogP contribution in [0.1, 0.15) is 18.7 Å². The second-order valence-electron chi connectivity index (χ2n) is 5.32. The van der Waals surface area contributed by atoms with Crippen molar-refractivity contribution in [2.75, 3.05) is 18.0 Å². The van der Waals surface area contributed by atoms with Crippen LogP contribution < -0.4 is 4.90 Å². The Labute approximate surface area is 142 Å². The molecule has 1 saturated heterocycles.